The first-order chi connectivity index (χ1) is 5.66. The normalized spacial score (nSPS) is 10.8. The molecule has 2 rings (SSSR count). The molecule has 0 aliphatic heterocycles. The van der Waals surface area contributed by atoms with Gasteiger partial charge in [0.2, 0.25) is 0 Å². The van der Waals surface area contributed by atoms with Crippen LogP contribution in [0.15, 0.2) is 25.8 Å². The molecule has 0 saturated carbocycles. The van der Waals surface area contributed by atoms with Gasteiger partial charge in [-0.3, -0.25) is 4.98 Å². The van der Waals surface area contributed by atoms with Gasteiger partial charge in [-0.05, 0) is 22.0 Å². The Morgan fingerprint density at radius 2 is 2.25 bits per heavy atom. The van der Waals surface area contributed by atoms with Crippen molar-refractivity contribution < 1.29 is 9.52 Å². The predicted octanol–water partition coefficient (Wildman–Crippen LogP) is 1.59. The van der Waals surface area contributed by atoms with Crippen LogP contribution in [0.25, 0.3) is 11.1 Å². The monoisotopic (exact) mass is 229 g/mol. The van der Waals surface area contributed by atoms with Crippen molar-refractivity contribution in [1.82, 2.24) is 4.98 Å². The Balaban J connectivity index is 2.97. The van der Waals surface area contributed by atoms with Crippen LogP contribution in [0.5, 0.6) is 5.75 Å². The van der Waals surface area contributed by atoms with Gasteiger partial charge in [0, 0.05) is 6.07 Å². The van der Waals surface area contributed by atoms with E-state index in [4.69, 9.17) is 9.52 Å². The summed E-state index contributed by atoms with van der Waals surface area (Å²) >= 11 is 3.15. The Morgan fingerprint density at radius 3 is 3.00 bits per heavy atom. The maximum absolute atomic E-state index is 10.7. The molecule has 2 aromatic rings. The number of H-pyrrole nitrogens is 1. The third-order valence-corrected chi connectivity index (χ3v) is 2.05. The number of halogens is 1. The smallest absolute Gasteiger partial charge is 0.417 e. The minimum Gasteiger partial charge on any atom is -0.508 e. The van der Waals surface area contributed by atoms with E-state index in [-0.39, 0.29) is 5.75 Å². The quantitative estimate of drug-likeness (QED) is 0.722. The van der Waals surface area contributed by atoms with Crippen LogP contribution in [0.2, 0.25) is 0 Å². The van der Waals surface area contributed by atoms with Crippen LogP contribution >= 0.6 is 15.9 Å². The summed E-state index contributed by atoms with van der Waals surface area (Å²) in [7, 11) is 0. The standard InChI is InChI=1S/C7H4BrNO3/c8-4-1-3(10)2-5-6(4)12-7(11)9-5/h1-2,10H,(H,9,11). The number of hydrogen-bond acceptors (Lipinski definition) is 3. The Labute approximate surface area is 75.0 Å². The van der Waals surface area contributed by atoms with Crippen molar-refractivity contribution in [2.75, 3.05) is 0 Å². The molecule has 0 bridgehead atoms. The van der Waals surface area contributed by atoms with Crippen LogP contribution in [0, 0.1) is 0 Å². The Morgan fingerprint density at radius 1 is 1.50 bits per heavy atom. The largest absolute Gasteiger partial charge is 0.508 e. The third kappa shape index (κ3) is 1.02. The van der Waals surface area contributed by atoms with Crippen LogP contribution < -0.4 is 5.76 Å². The van der Waals surface area contributed by atoms with E-state index < -0.39 is 5.76 Å². The minimum absolute atomic E-state index is 0.0754. The molecule has 1 aromatic heterocycles. The van der Waals surface area contributed by atoms with E-state index in [0.29, 0.717) is 15.6 Å². The summed E-state index contributed by atoms with van der Waals surface area (Å²) < 4.78 is 5.34. The molecule has 0 unspecified atom stereocenters. The fraction of sp³-hybridized carbons (Fsp3) is 0. The van der Waals surface area contributed by atoms with Crippen LogP contribution in [-0.4, -0.2) is 10.1 Å². The second-order valence-corrected chi connectivity index (χ2v) is 3.17. The number of fused-ring (bicyclic) bond motifs is 1. The van der Waals surface area contributed by atoms with Crippen LogP contribution in [0.3, 0.4) is 0 Å². The average molecular weight is 230 g/mol. The summed E-state index contributed by atoms with van der Waals surface area (Å²) in [5.74, 6) is -0.456. The molecule has 12 heavy (non-hydrogen) atoms. The van der Waals surface area contributed by atoms with Gasteiger partial charge in [-0.2, -0.15) is 0 Å². The fourth-order valence-corrected chi connectivity index (χ4v) is 1.53. The molecule has 0 spiro atoms. The van der Waals surface area contributed by atoms with Gasteiger partial charge in [0.05, 0.1) is 9.99 Å². The molecule has 0 aliphatic rings. The first kappa shape index (κ1) is 7.42. The van der Waals surface area contributed by atoms with Gasteiger partial charge in [-0.1, -0.05) is 0 Å². The number of oxazole rings is 1. The van der Waals surface area contributed by atoms with Crippen molar-refractivity contribution in [3.8, 4) is 5.75 Å². The molecule has 0 fully saturated rings. The Kier molecular flexibility index (Phi) is 1.47. The van der Waals surface area contributed by atoms with Crippen LogP contribution in [0.4, 0.5) is 0 Å². The van der Waals surface area contributed by atoms with Crippen molar-refractivity contribution in [2.45, 2.75) is 0 Å². The molecule has 2 N–H and O–H groups in total. The van der Waals surface area contributed by atoms with Gasteiger partial charge in [0.1, 0.15) is 5.75 Å². The van der Waals surface area contributed by atoms with E-state index in [1.54, 1.807) is 0 Å². The highest BCUT2D eigenvalue weighted by molar-refractivity contribution is 9.10. The molecule has 62 valence electrons. The van der Waals surface area contributed by atoms with E-state index >= 15 is 0 Å². The van der Waals surface area contributed by atoms with Gasteiger partial charge >= 0.3 is 5.76 Å². The number of rotatable bonds is 0. The van der Waals surface area contributed by atoms with Gasteiger partial charge in [-0.25, -0.2) is 4.79 Å². The molecule has 0 atom stereocenters. The minimum atomic E-state index is -0.531. The molecule has 1 aromatic carbocycles. The molecule has 1 heterocycles. The lowest BCUT2D eigenvalue weighted by molar-refractivity contribution is 0.475. The van der Waals surface area contributed by atoms with Crippen molar-refractivity contribution in [2.24, 2.45) is 0 Å². The lowest BCUT2D eigenvalue weighted by Gasteiger charge is -1.92. The van der Waals surface area contributed by atoms with Crippen LogP contribution in [0.1, 0.15) is 0 Å². The highest BCUT2D eigenvalue weighted by Crippen LogP contribution is 2.26. The van der Waals surface area contributed by atoms with Crippen LogP contribution in [-0.2, 0) is 0 Å². The highest BCUT2D eigenvalue weighted by Gasteiger charge is 2.06. The fourth-order valence-electron chi connectivity index (χ4n) is 1.00. The molecule has 0 aliphatic carbocycles. The maximum Gasteiger partial charge on any atom is 0.417 e. The SMILES string of the molecule is O=c1[nH]c2cc(O)cc(Br)c2o1. The first-order valence-electron chi connectivity index (χ1n) is 3.18. The Bertz CT molecular complexity index is 485. The molecule has 0 amide bonds. The zero-order valence-electron chi connectivity index (χ0n) is 5.80. The second-order valence-electron chi connectivity index (χ2n) is 2.32. The summed E-state index contributed by atoms with van der Waals surface area (Å²) in [6, 6.07) is 2.88. The summed E-state index contributed by atoms with van der Waals surface area (Å²) in [6.07, 6.45) is 0. The number of aromatic nitrogens is 1. The number of aromatic amines is 1. The number of phenols is 1. The zero-order valence-corrected chi connectivity index (χ0v) is 7.38. The first-order valence-corrected chi connectivity index (χ1v) is 3.97. The molecule has 0 radical (unpaired) electrons. The summed E-state index contributed by atoms with van der Waals surface area (Å²) in [5.41, 5.74) is 0.893. The molecular formula is C7H4BrNO3. The number of phenolic OH excluding ortho intramolecular Hbond substituents is 1. The second kappa shape index (κ2) is 2.38. The van der Waals surface area contributed by atoms with Gasteiger partial charge < -0.3 is 9.52 Å². The van der Waals surface area contributed by atoms with Crippen molar-refractivity contribution >= 4 is 27.0 Å². The number of aromatic hydroxyl groups is 1. The molecular weight excluding hydrogens is 226 g/mol. The van der Waals surface area contributed by atoms with Gasteiger partial charge in [0.15, 0.2) is 5.58 Å². The van der Waals surface area contributed by atoms with Crippen molar-refractivity contribution in [3.05, 3.63) is 27.2 Å². The highest BCUT2D eigenvalue weighted by atomic mass is 79.9. The van der Waals surface area contributed by atoms with E-state index in [1.165, 1.54) is 12.1 Å². The summed E-state index contributed by atoms with van der Waals surface area (Å²) in [4.78, 5) is 13.2. The maximum atomic E-state index is 10.7. The zero-order chi connectivity index (χ0) is 8.72. The van der Waals surface area contributed by atoms with Crippen molar-refractivity contribution in [1.29, 1.82) is 0 Å². The lowest BCUT2D eigenvalue weighted by Crippen LogP contribution is -1.92. The molecule has 5 heteroatoms. The lowest BCUT2D eigenvalue weighted by atomic mass is 10.3. The van der Waals surface area contributed by atoms with Gasteiger partial charge in [-0.15, -0.1) is 0 Å². The number of hydrogen-bond donors (Lipinski definition) is 2. The summed E-state index contributed by atoms with van der Waals surface area (Å²) in [6.45, 7) is 0. The summed E-state index contributed by atoms with van der Waals surface area (Å²) in [5, 5.41) is 9.13. The number of nitrogens with one attached hydrogen (secondary N) is 1. The van der Waals surface area contributed by atoms with E-state index in [2.05, 4.69) is 20.9 Å². The third-order valence-electron chi connectivity index (χ3n) is 1.46. The van der Waals surface area contributed by atoms with Gasteiger partial charge in [0.25, 0.3) is 0 Å². The topological polar surface area (TPSA) is 66.2 Å². The van der Waals surface area contributed by atoms with E-state index in [9.17, 15) is 4.79 Å². The Hall–Kier alpha value is -1.23. The molecule has 0 saturated heterocycles. The van der Waals surface area contributed by atoms with Crippen molar-refractivity contribution in [3.63, 3.8) is 0 Å². The average Bonchev–Trinajstić information content (AvgIpc) is 2.29. The van der Waals surface area contributed by atoms with E-state index in [0.717, 1.165) is 0 Å². The number of benzene rings is 1. The van der Waals surface area contributed by atoms with E-state index in [1.807, 2.05) is 0 Å². The molecule has 4 nitrogen and oxygen atoms in total. The predicted molar refractivity (Wildman–Crippen MR) is 46.2 cm³/mol.